The molecule has 0 fully saturated rings. The molecule has 4 rings (SSSR count). The summed E-state index contributed by atoms with van der Waals surface area (Å²) in [5.41, 5.74) is 2.38. The Morgan fingerprint density at radius 1 is 1.36 bits per heavy atom. The molecule has 0 unspecified atom stereocenters. The first kappa shape index (κ1) is 15.5. The minimum Gasteiger partial charge on any atom is -0.482 e. The molecule has 0 bridgehead atoms. The number of carbonyl (C=O) groups excluding carboxylic acids is 2. The number of hydrogen-bond donors (Lipinski definition) is 2. The predicted molar refractivity (Wildman–Crippen MR) is 94.2 cm³/mol. The Hall–Kier alpha value is -3.06. The number of aromatic nitrogens is 2. The van der Waals surface area contributed by atoms with E-state index in [9.17, 15) is 9.59 Å². The van der Waals surface area contributed by atoms with Crippen LogP contribution in [0.4, 0.5) is 11.6 Å². The van der Waals surface area contributed by atoms with E-state index in [4.69, 9.17) is 16.3 Å². The van der Waals surface area contributed by atoms with E-state index in [2.05, 4.69) is 15.6 Å². The van der Waals surface area contributed by atoms with Crippen molar-refractivity contribution in [3.8, 4) is 5.75 Å². The monoisotopic (exact) mass is 356 g/mol. The van der Waals surface area contributed by atoms with Crippen molar-refractivity contribution >= 4 is 46.1 Å². The van der Waals surface area contributed by atoms with Gasteiger partial charge in [0.2, 0.25) is 5.95 Å². The molecule has 1 aromatic heterocycles. The van der Waals surface area contributed by atoms with Crippen molar-refractivity contribution in [1.29, 1.82) is 0 Å². The Morgan fingerprint density at radius 2 is 2.20 bits per heavy atom. The third-order valence-electron chi connectivity index (χ3n) is 3.96. The summed E-state index contributed by atoms with van der Waals surface area (Å²) in [5.74, 6) is 0.291. The number of ether oxygens (including phenoxy) is 1. The lowest BCUT2D eigenvalue weighted by molar-refractivity contribution is -0.118. The van der Waals surface area contributed by atoms with Crippen molar-refractivity contribution < 1.29 is 14.3 Å². The fourth-order valence-electron chi connectivity index (χ4n) is 2.68. The zero-order valence-corrected chi connectivity index (χ0v) is 13.9. The number of nitrogens with zero attached hydrogens (tertiary/aromatic N) is 2. The van der Waals surface area contributed by atoms with Crippen LogP contribution in [0.5, 0.6) is 5.75 Å². The third-order valence-corrected chi connectivity index (χ3v) is 4.27. The Labute approximate surface area is 147 Å². The van der Waals surface area contributed by atoms with E-state index < -0.39 is 0 Å². The molecule has 126 valence electrons. The summed E-state index contributed by atoms with van der Waals surface area (Å²) in [5, 5.41) is 5.97. The standard InChI is InChI=1S/C17H13ClN4O3/c1-22-12-4-2-3-10(18)15(12)20-17(22)21-16(24)9-5-6-11-13(7-9)25-8-14(23)19-11/h2-7H,8H2,1H3,(H,19,23)(H,20,21,24). The molecule has 0 radical (unpaired) electrons. The van der Waals surface area contributed by atoms with Crippen LogP contribution in [0.15, 0.2) is 36.4 Å². The number of anilines is 2. The van der Waals surface area contributed by atoms with Gasteiger partial charge in [-0.3, -0.25) is 14.9 Å². The second-order valence-corrected chi connectivity index (χ2v) is 6.01. The van der Waals surface area contributed by atoms with E-state index in [0.717, 1.165) is 5.52 Å². The number of amides is 2. The molecule has 25 heavy (non-hydrogen) atoms. The van der Waals surface area contributed by atoms with Gasteiger partial charge in [-0.1, -0.05) is 17.7 Å². The molecule has 1 aliphatic rings. The highest BCUT2D eigenvalue weighted by molar-refractivity contribution is 6.35. The lowest BCUT2D eigenvalue weighted by Gasteiger charge is -2.18. The second kappa shape index (κ2) is 5.78. The molecule has 2 amide bonds. The van der Waals surface area contributed by atoms with Crippen LogP contribution in [0.25, 0.3) is 11.0 Å². The second-order valence-electron chi connectivity index (χ2n) is 5.60. The van der Waals surface area contributed by atoms with Crippen LogP contribution < -0.4 is 15.4 Å². The van der Waals surface area contributed by atoms with Crippen molar-refractivity contribution in [1.82, 2.24) is 9.55 Å². The summed E-state index contributed by atoms with van der Waals surface area (Å²) in [6.07, 6.45) is 0. The lowest BCUT2D eigenvalue weighted by Crippen LogP contribution is -2.25. The quantitative estimate of drug-likeness (QED) is 0.739. The lowest BCUT2D eigenvalue weighted by atomic mass is 10.1. The van der Waals surface area contributed by atoms with Gasteiger partial charge >= 0.3 is 0 Å². The zero-order valence-electron chi connectivity index (χ0n) is 13.2. The largest absolute Gasteiger partial charge is 0.482 e. The Kier molecular flexibility index (Phi) is 3.58. The normalized spacial score (nSPS) is 13.1. The van der Waals surface area contributed by atoms with Gasteiger partial charge in [-0.15, -0.1) is 0 Å². The maximum Gasteiger partial charge on any atom is 0.262 e. The topological polar surface area (TPSA) is 85.2 Å². The van der Waals surface area contributed by atoms with E-state index in [1.165, 1.54) is 0 Å². The predicted octanol–water partition coefficient (Wildman–Crippen LogP) is 2.81. The van der Waals surface area contributed by atoms with Crippen LogP contribution >= 0.6 is 11.6 Å². The third kappa shape index (κ3) is 2.68. The molecule has 2 N–H and O–H groups in total. The summed E-state index contributed by atoms with van der Waals surface area (Å²) in [4.78, 5) is 28.2. The molecule has 0 aliphatic carbocycles. The van der Waals surface area contributed by atoms with Gasteiger partial charge in [0, 0.05) is 12.6 Å². The number of fused-ring (bicyclic) bond motifs is 2. The molecule has 0 saturated carbocycles. The van der Waals surface area contributed by atoms with E-state index >= 15 is 0 Å². The molecule has 7 nitrogen and oxygen atoms in total. The van der Waals surface area contributed by atoms with E-state index in [1.807, 2.05) is 12.1 Å². The van der Waals surface area contributed by atoms with Gasteiger partial charge in [0.25, 0.3) is 11.8 Å². The summed E-state index contributed by atoms with van der Waals surface area (Å²) in [6.45, 7) is -0.0681. The number of carbonyl (C=O) groups is 2. The molecule has 8 heteroatoms. The van der Waals surface area contributed by atoms with Crippen LogP contribution in [0.1, 0.15) is 10.4 Å². The van der Waals surface area contributed by atoms with Gasteiger partial charge in [0.15, 0.2) is 6.61 Å². The molecule has 2 aromatic carbocycles. The Morgan fingerprint density at radius 3 is 3.00 bits per heavy atom. The highest BCUT2D eigenvalue weighted by Crippen LogP contribution is 2.29. The van der Waals surface area contributed by atoms with Crippen LogP contribution in [0.3, 0.4) is 0 Å². The maximum atomic E-state index is 12.5. The first-order chi connectivity index (χ1) is 12.0. The number of rotatable bonds is 2. The number of benzene rings is 2. The van der Waals surface area contributed by atoms with Crippen molar-refractivity contribution in [2.75, 3.05) is 17.2 Å². The summed E-state index contributed by atoms with van der Waals surface area (Å²) < 4.78 is 7.09. The first-order valence-corrected chi connectivity index (χ1v) is 7.90. The molecular weight excluding hydrogens is 344 g/mol. The minimum absolute atomic E-state index is 0.0681. The van der Waals surface area contributed by atoms with Crippen LogP contribution in [-0.4, -0.2) is 28.0 Å². The highest BCUT2D eigenvalue weighted by atomic mass is 35.5. The van der Waals surface area contributed by atoms with Gasteiger partial charge in [0.05, 0.1) is 16.2 Å². The van der Waals surface area contributed by atoms with Crippen molar-refractivity contribution in [3.05, 3.63) is 47.0 Å². The smallest absolute Gasteiger partial charge is 0.262 e. The average molecular weight is 357 g/mol. The number of aryl methyl sites for hydroxylation is 1. The number of hydrogen-bond acceptors (Lipinski definition) is 4. The van der Waals surface area contributed by atoms with Crippen LogP contribution in [0.2, 0.25) is 5.02 Å². The number of imidazole rings is 1. The Bertz CT molecular complexity index is 1030. The minimum atomic E-state index is -0.335. The van der Waals surface area contributed by atoms with Gasteiger partial charge in [-0.25, -0.2) is 4.98 Å². The van der Waals surface area contributed by atoms with Gasteiger partial charge < -0.3 is 14.6 Å². The highest BCUT2D eigenvalue weighted by Gasteiger charge is 2.19. The van der Waals surface area contributed by atoms with E-state index in [1.54, 1.807) is 35.9 Å². The molecule has 3 aromatic rings. The maximum absolute atomic E-state index is 12.5. The van der Waals surface area contributed by atoms with Crippen molar-refractivity contribution in [2.45, 2.75) is 0 Å². The molecular formula is C17H13ClN4O3. The fourth-order valence-corrected chi connectivity index (χ4v) is 2.89. The average Bonchev–Trinajstić information content (AvgIpc) is 2.92. The van der Waals surface area contributed by atoms with Gasteiger partial charge in [-0.05, 0) is 30.3 Å². The molecule has 2 heterocycles. The number of nitrogens with one attached hydrogen (secondary N) is 2. The Balaban J connectivity index is 1.63. The van der Waals surface area contributed by atoms with Crippen molar-refractivity contribution in [2.24, 2.45) is 7.05 Å². The van der Waals surface area contributed by atoms with Crippen LogP contribution in [0, 0.1) is 0 Å². The zero-order chi connectivity index (χ0) is 17.6. The van der Waals surface area contributed by atoms with E-state index in [0.29, 0.717) is 33.5 Å². The van der Waals surface area contributed by atoms with E-state index in [-0.39, 0.29) is 18.4 Å². The fraction of sp³-hybridized carbons (Fsp3) is 0.118. The van der Waals surface area contributed by atoms with Crippen molar-refractivity contribution in [3.63, 3.8) is 0 Å². The molecule has 1 aliphatic heterocycles. The van der Waals surface area contributed by atoms with Gasteiger partial charge in [0.1, 0.15) is 11.3 Å². The SMILES string of the molecule is Cn1c(NC(=O)c2ccc3c(c2)OCC(=O)N3)nc2c(Cl)cccc21. The summed E-state index contributed by atoms with van der Waals surface area (Å²) >= 11 is 6.15. The summed E-state index contributed by atoms with van der Waals surface area (Å²) in [7, 11) is 1.80. The molecule has 0 saturated heterocycles. The molecule has 0 spiro atoms. The molecule has 0 atom stereocenters. The number of halogens is 1. The van der Waals surface area contributed by atoms with Crippen LogP contribution in [-0.2, 0) is 11.8 Å². The summed E-state index contributed by atoms with van der Waals surface area (Å²) in [6, 6.07) is 10.3. The number of para-hydroxylation sites is 1. The van der Waals surface area contributed by atoms with Gasteiger partial charge in [-0.2, -0.15) is 0 Å². The first-order valence-electron chi connectivity index (χ1n) is 7.52.